The van der Waals surface area contributed by atoms with Crippen molar-refractivity contribution in [2.75, 3.05) is 0 Å². The molecule has 1 unspecified atom stereocenters. The minimum atomic E-state index is -0.366. The number of nitrogens with zero attached hydrogens (tertiary/aromatic N) is 1. The van der Waals surface area contributed by atoms with E-state index in [1.807, 2.05) is 6.92 Å². The summed E-state index contributed by atoms with van der Waals surface area (Å²) in [4.78, 5) is 4.85. The maximum Gasteiger partial charge on any atom is 0.0901 e. The van der Waals surface area contributed by atoms with Gasteiger partial charge in [-0.1, -0.05) is 5.57 Å². The van der Waals surface area contributed by atoms with Crippen molar-refractivity contribution in [3.63, 3.8) is 0 Å². The fraction of sp³-hybridized carbons (Fsp3) is 0.444. The van der Waals surface area contributed by atoms with Crippen LogP contribution in [0.5, 0.6) is 0 Å². The van der Waals surface area contributed by atoms with Gasteiger partial charge in [0.05, 0.1) is 16.5 Å². The van der Waals surface area contributed by atoms with E-state index in [-0.39, 0.29) is 6.10 Å². The van der Waals surface area contributed by atoms with Crippen molar-refractivity contribution in [2.24, 2.45) is 0 Å². The Balaban J connectivity index is 2.39. The van der Waals surface area contributed by atoms with Crippen LogP contribution in [0.4, 0.5) is 0 Å². The summed E-state index contributed by atoms with van der Waals surface area (Å²) in [5.41, 5.74) is 2.85. The quantitative estimate of drug-likeness (QED) is 0.728. The average Bonchev–Trinajstić information content (AvgIpc) is 2.51. The molecule has 1 atom stereocenters. The second-order valence-electron chi connectivity index (χ2n) is 2.92. The predicted molar refractivity (Wildman–Crippen MR) is 51.1 cm³/mol. The lowest BCUT2D eigenvalue weighted by atomic mass is 10.1. The lowest BCUT2D eigenvalue weighted by Crippen LogP contribution is -1.94. The smallest absolute Gasteiger partial charge is 0.0901 e. The molecule has 0 aromatic carbocycles. The van der Waals surface area contributed by atoms with Gasteiger partial charge in [-0.05, 0) is 19.8 Å². The standard InChI is InChI=1S/C9H13NOS/c1-7(2)3-4-8(11)9-5-10-6-12-9/h5-6,8,11H,1,3-4H2,2H3. The number of allylic oxidation sites excluding steroid dienone is 1. The van der Waals surface area contributed by atoms with Crippen molar-refractivity contribution in [2.45, 2.75) is 25.9 Å². The molecule has 0 saturated carbocycles. The summed E-state index contributed by atoms with van der Waals surface area (Å²) in [7, 11) is 0. The van der Waals surface area contributed by atoms with Gasteiger partial charge < -0.3 is 5.11 Å². The Morgan fingerprint density at radius 3 is 3.08 bits per heavy atom. The van der Waals surface area contributed by atoms with Crippen LogP contribution in [0.25, 0.3) is 0 Å². The molecule has 0 aliphatic heterocycles. The molecule has 1 heterocycles. The van der Waals surface area contributed by atoms with Crippen LogP contribution in [0, 0.1) is 0 Å². The number of aromatic nitrogens is 1. The van der Waals surface area contributed by atoms with Gasteiger partial charge in [-0.25, -0.2) is 0 Å². The number of hydrogen-bond acceptors (Lipinski definition) is 3. The number of aliphatic hydroxyl groups is 1. The molecule has 0 spiro atoms. The van der Waals surface area contributed by atoms with Crippen molar-refractivity contribution in [1.82, 2.24) is 4.98 Å². The molecule has 1 aromatic heterocycles. The van der Waals surface area contributed by atoms with Gasteiger partial charge in [-0.15, -0.1) is 17.9 Å². The zero-order chi connectivity index (χ0) is 8.97. The van der Waals surface area contributed by atoms with E-state index >= 15 is 0 Å². The molecule has 1 aromatic rings. The molecule has 66 valence electrons. The summed E-state index contributed by atoms with van der Waals surface area (Å²) in [6.07, 6.45) is 2.97. The fourth-order valence-electron chi connectivity index (χ4n) is 0.916. The minimum absolute atomic E-state index is 0.366. The summed E-state index contributed by atoms with van der Waals surface area (Å²) >= 11 is 1.49. The first-order chi connectivity index (χ1) is 5.70. The highest BCUT2D eigenvalue weighted by Crippen LogP contribution is 2.22. The van der Waals surface area contributed by atoms with Crippen LogP contribution in [-0.4, -0.2) is 10.1 Å². The summed E-state index contributed by atoms with van der Waals surface area (Å²) in [5.74, 6) is 0. The van der Waals surface area contributed by atoms with E-state index in [4.69, 9.17) is 0 Å². The van der Waals surface area contributed by atoms with Gasteiger partial charge in [0.15, 0.2) is 0 Å². The first-order valence-corrected chi connectivity index (χ1v) is 4.79. The van der Waals surface area contributed by atoms with Gasteiger partial charge in [-0.3, -0.25) is 4.98 Å². The summed E-state index contributed by atoms with van der Waals surface area (Å²) < 4.78 is 0. The van der Waals surface area contributed by atoms with Gasteiger partial charge in [0, 0.05) is 6.20 Å². The average molecular weight is 183 g/mol. The van der Waals surface area contributed by atoms with Crippen molar-refractivity contribution in [3.05, 3.63) is 28.7 Å². The molecule has 1 rings (SSSR count). The van der Waals surface area contributed by atoms with E-state index in [9.17, 15) is 5.11 Å². The van der Waals surface area contributed by atoms with Crippen molar-refractivity contribution in [1.29, 1.82) is 0 Å². The van der Waals surface area contributed by atoms with Crippen LogP contribution in [0.15, 0.2) is 23.9 Å². The lowest BCUT2D eigenvalue weighted by molar-refractivity contribution is 0.171. The normalized spacial score (nSPS) is 12.8. The maximum atomic E-state index is 9.59. The summed E-state index contributed by atoms with van der Waals surface area (Å²) in [6, 6.07) is 0. The molecule has 1 N–H and O–H groups in total. The van der Waals surface area contributed by atoms with Gasteiger partial charge in [0.1, 0.15) is 0 Å². The van der Waals surface area contributed by atoms with Crippen LogP contribution in [0.3, 0.4) is 0 Å². The lowest BCUT2D eigenvalue weighted by Gasteiger charge is -2.06. The van der Waals surface area contributed by atoms with Crippen LogP contribution in [0.2, 0.25) is 0 Å². The van der Waals surface area contributed by atoms with Crippen LogP contribution < -0.4 is 0 Å². The topological polar surface area (TPSA) is 33.1 Å². The van der Waals surface area contributed by atoms with Crippen molar-refractivity contribution < 1.29 is 5.11 Å². The Bertz CT molecular complexity index is 243. The molecule has 0 aliphatic rings. The molecular formula is C9H13NOS. The van der Waals surface area contributed by atoms with Gasteiger partial charge in [-0.2, -0.15) is 0 Å². The monoisotopic (exact) mass is 183 g/mol. The van der Waals surface area contributed by atoms with Crippen LogP contribution in [-0.2, 0) is 0 Å². The minimum Gasteiger partial charge on any atom is -0.388 e. The van der Waals surface area contributed by atoms with E-state index in [1.54, 1.807) is 11.7 Å². The van der Waals surface area contributed by atoms with Gasteiger partial charge in [0.2, 0.25) is 0 Å². The number of rotatable bonds is 4. The van der Waals surface area contributed by atoms with E-state index in [0.717, 1.165) is 23.3 Å². The van der Waals surface area contributed by atoms with Crippen molar-refractivity contribution in [3.8, 4) is 0 Å². The molecular weight excluding hydrogens is 170 g/mol. The maximum absolute atomic E-state index is 9.59. The molecule has 0 fully saturated rings. The molecule has 0 bridgehead atoms. The SMILES string of the molecule is C=C(C)CCC(O)c1cncs1. The molecule has 2 nitrogen and oxygen atoms in total. The largest absolute Gasteiger partial charge is 0.388 e. The van der Waals surface area contributed by atoms with E-state index in [1.165, 1.54) is 11.3 Å². The molecule has 0 saturated heterocycles. The molecule has 0 aliphatic carbocycles. The van der Waals surface area contributed by atoms with Crippen LogP contribution in [0.1, 0.15) is 30.7 Å². The third-order valence-electron chi connectivity index (χ3n) is 1.62. The second-order valence-corrected chi connectivity index (χ2v) is 3.83. The predicted octanol–water partition coefficient (Wildman–Crippen LogP) is 2.53. The van der Waals surface area contributed by atoms with Gasteiger partial charge in [0.25, 0.3) is 0 Å². The summed E-state index contributed by atoms with van der Waals surface area (Å²) in [5, 5.41) is 9.59. The van der Waals surface area contributed by atoms with Crippen molar-refractivity contribution >= 4 is 11.3 Å². The third-order valence-corrected chi connectivity index (χ3v) is 2.50. The zero-order valence-electron chi connectivity index (χ0n) is 7.16. The molecule has 12 heavy (non-hydrogen) atoms. The first kappa shape index (κ1) is 9.42. The van der Waals surface area contributed by atoms with E-state index < -0.39 is 0 Å². The highest BCUT2D eigenvalue weighted by Gasteiger charge is 2.07. The van der Waals surface area contributed by atoms with E-state index in [0.29, 0.717) is 0 Å². The first-order valence-electron chi connectivity index (χ1n) is 3.91. The second kappa shape index (κ2) is 4.38. The Morgan fingerprint density at radius 1 is 1.83 bits per heavy atom. The fourth-order valence-corrected chi connectivity index (χ4v) is 1.56. The molecule has 0 radical (unpaired) electrons. The Morgan fingerprint density at radius 2 is 2.58 bits per heavy atom. The number of thiazole rings is 1. The summed E-state index contributed by atoms with van der Waals surface area (Å²) in [6.45, 7) is 5.76. The highest BCUT2D eigenvalue weighted by molar-refractivity contribution is 7.09. The Labute approximate surface area is 76.6 Å². The molecule has 3 heteroatoms. The number of hydrogen-bond donors (Lipinski definition) is 1. The third kappa shape index (κ3) is 2.75. The number of aliphatic hydroxyl groups excluding tert-OH is 1. The van der Waals surface area contributed by atoms with Gasteiger partial charge >= 0.3 is 0 Å². The Kier molecular flexibility index (Phi) is 3.44. The van der Waals surface area contributed by atoms with E-state index in [2.05, 4.69) is 11.6 Å². The molecule has 0 amide bonds. The van der Waals surface area contributed by atoms with Crippen LogP contribution >= 0.6 is 11.3 Å². The highest BCUT2D eigenvalue weighted by atomic mass is 32.1. The zero-order valence-corrected chi connectivity index (χ0v) is 7.97. The Hall–Kier alpha value is -0.670.